The minimum atomic E-state index is -0.383. The molecular weight excluding hydrogens is 348 g/mol. The summed E-state index contributed by atoms with van der Waals surface area (Å²) in [6.45, 7) is 4.23. The first kappa shape index (κ1) is 21.4. The van der Waals surface area contributed by atoms with Gasteiger partial charge in [-0.1, -0.05) is 81.7 Å². The van der Waals surface area contributed by atoms with E-state index in [0.29, 0.717) is 6.42 Å². The second-order valence-corrected chi connectivity index (χ2v) is 9.39. The third-order valence-electron chi connectivity index (χ3n) is 6.55. The summed E-state index contributed by atoms with van der Waals surface area (Å²) in [4.78, 5) is 11.5. The Kier molecular flexibility index (Phi) is 7.56. The molecule has 0 radical (unpaired) electrons. The first-order valence-electron chi connectivity index (χ1n) is 11.4. The van der Waals surface area contributed by atoms with E-state index < -0.39 is 0 Å². The first-order chi connectivity index (χ1) is 13.5. The van der Waals surface area contributed by atoms with Crippen LogP contribution in [0, 0.1) is 0 Å². The number of fused-ring (bicyclic) bond motifs is 1. The summed E-state index contributed by atoms with van der Waals surface area (Å²) >= 11 is 0. The van der Waals surface area contributed by atoms with Gasteiger partial charge in [-0.15, -0.1) is 0 Å². The molecule has 3 rings (SSSR count). The van der Waals surface area contributed by atoms with Crippen LogP contribution in [0.25, 0.3) is 0 Å². The minimum absolute atomic E-state index is 0.0353. The summed E-state index contributed by atoms with van der Waals surface area (Å²) in [6, 6.07) is 10.8. The molecule has 28 heavy (non-hydrogen) atoms. The van der Waals surface area contributed by atoms with Gasteiger partial charge >= 0.3 is 5.97 Å². The van der Waals surface area contributed by atoms with Crippen molar-refractivity contribution in [1.82, 2.24) is 0 Å². The van der Waals surface area contributed by atoms with Crippen LogP contribution < -0.4 is 0 Å². The molecule has 0 aromatic heterocycles. The Morgan fingerprint density at radius 3 is 2.14 bits per heavy atom. The van der Waals surface area contributed by atoms with Crippen molar-refractivity contribution in [3.63, 3.8) is 0 Å². The van der Waals surface area contributed by atoms with Gasteiger partial charge in [0.2, 0.25) is 0 Å². The summed E-state index contributed by atoms with van der Waals surface area (Å²) in [6.07, 6.45) is 15.5. The lowest BCUT2D eigenvalue weighted by molar-refractivity contribution is -0.147. The molecule has 1 aromatic carbocycles. The van der Waals surface area contributed by atoms with Crippen LogP contribution in [0.1, 0.15) is 96.5 Å². The van der Waals surface area contributed by atoms with E-state index in [1.165, 1.54) is 69.8 Å². The number of hydrogen-bond donors (Lipinski definition) is 0. The van der Waals surface area contributed by atoms with Crippen LogP contribution in [0.2, 0.25) is 0 Å². The zero-order chi connectivity index (χ0) is 19.9. The van der Waals surface area contributed by atoms with E-state index in [1.807, 2.05) is 6.92 Å². The molecular formula is C25H38O3. The number of benzene rings is 1. The molecule has 0 aliphatic carbocycles. The Hall–Kier alpha value is -1.35. The fourth-order valence-corrected chi connectivity index (χ4v) is 5.04. The largest absolute Gasteiger partial charge is 0.456 e. The zero-order valence-corrected chi connectivity index (χ0v) is 17.9. The van der Waals surface area contributed by atoms with E-state index in [0.717, 1.165) is 12.8 Å². The highest BCUT2D eigenvalue weighted by atomic mass is 16.6. The third kappa shape index (κ3) is 6.07. The maximum Gasteiger partial charge on any atom is 0.309 e. The second kappa shape index (κ2) is 9.91. The molecule has 3 nitrogen and oxygen atoms in total. The smallest absolute Gasteiger partial charge is 0.309 e. The maximum absolute atomic E-state index is 11.5. The Morgan fingerprint density at radius 1 is 0.893 bits per heavy atom. The Balaban J connectivity index is 1.15. The molecule has 3 heteroatoms. The van der Waals surface area contributed by atoms with Crippen molar-refractivity contribution in [3.8, 4) is 0 Å². The van der Waals surface area contributed by atoms with Gasteiger partial charge in [-0.2, -0.15) is 0 Å². The molecule has 0 unspecified atom stereocenters. The number of carbonyl (C=O) groups excluding carboxylic acids is 1. The summed E-state index contributed by atoms with van der Waals surface area (Å²) in [5.74, 6) is -0.102. The lowest BCUT2D eigenvalue weighted by Gasteiger charge is -2.25. The molecule has 0 saturated carbocycles. The molecule has 2 aliphatic heterocycles. The van der Waals surface area contributed by atoms with Gasteiger partial charge in [-0.05, 0) is 38.7 Å². The zero-order valence-electron chi connectivity index (χ0n) is 17.9. The van der Waals surface area contributed by atoms with Crippen LogP contribution in [0.5, 0.6) is 0 Å². The number of esters is 1. The van der Waals surface area contributed by atoms with Crippen molar-refractivity contribution in [2.45, 2.75) is 115 Å². The van der Waals surface area contributed by atoms with Gasteiger partial charge in [0.1, 0.15) is 11.7 Å². The van der Waals surface area contributed by atoms with Gasteiger partial charge in [0.25, 0.3) is 0 Å². The number of aryl methyl sites for hydroxylation is 1. The van der Waals surface area contributed by atoms with Crippen LogP contribution >= 0.6 is 0 Å². The van der Waals surface area contributed by atoms with Gasteiger partial charge in [-0.25, -0.2) is 0 Å². The molecule has 2 fully saturated rings. The van der Waals surface area contributed by atoms with E-state index in [2.05, 4.69) is 37.3 Å². The minimum Gasteiger partial charge on any atom is -0.456 e. The second-order valence-electron chi connectivity index (χ2n) is 9.39. The fraction of sp³-hybridized carbons (Fsp3) is 0.720. The van der Waals surface area contributed by atoms with Gasteiger partial charge in [-0.3, -0.25) is 4.79 Å². The van der Waals surface area contributed by atoms with Crippen LogP contribution in [0.4, 0.5) is 0 Å². The normalized spacial score (nSPS) is 29.1. The van der Waals surface area contributed by atoms with Crippen LogP contribution in [-0.2, 0) is 20.7 Å². The SMILES string of the molecule is C[C@]1(CCCCCCCCCCCc2ccccc2)C[C@]2(C)OC(=O)C[C@@H]2O1. The van der Waals surface area contributed by atoms with Crippen molar-refractivity contribution in [2.24, 2.45) is 0 Å². The Labute approximate surface area is 171 Å². The molecule has 2 heterocycles. The van der Waals surface area contributed by atoms with Crippen LogP contribution in [-0.4, -0.2) is 23.3 Å². The molecule has 3 atom stereocenters. The van der Waals surface area contributed by atoms with Crippen molar-refractivity contribution in [1.29, 1.82) is 0 Å². The van der Waals surface area contributed by atoms with E-state index in [1.54, 1.807) is 0 Å². The molecule has 2 aliphatic rings. The van der Waals surface area contributed by atoms with E-state index >= 15 is 0 Å². The van der Waals surface area contributed by atoms with Crippen LogP contribution in [0.15, 0.2) is 30.3 Å². The monoisotopic (exact) mass is 386 g/mol. The number of rotatable bonds is 12. The van der Waals surface area contributed by atoms with Gasteiger partial charge in [0.15, 0.2) is 0 Å². The molecule has 1 aromatic rings. The molecule has 0 spiro atoms. The average molecular weight is 387 g/mol. The lowest BCUT2D eigenvalue weighted by atomic mass is 9.87. The summed E-state index contributed by atoms with van der Waals surface area (Å²) in [5, 5.41) is 0. The van der Waals surface area contributed by atoms with Crippen molar-refractivity contribution >= 4 is 5.97 Å². The predicted octanol–water partition coefficient (Wildman–Crippen LogP) is 6.38. The van der Waals surface area contributed by atoms with Gasteiger partial charge < -0.3 is 9.47 Å². The van der Waals surface area contributed by atoms with Crippen molar-refractivity contribution < 1.29 is 14.3 Å². The quantitative estimate of drug-likeness (QED) is 0.309. The number of hydrogen-bond acceptors (Lipinski definition) is 3. The molecule has 0 N–H and O–H groups in total. The number of carbonyl (C=O) groups is 1. The molecule has 0 bridgehead atoms. The van der Waals surface area contributed by atoms with Gasteiger partial charge in [0, 0.05) is 6.42 Å². The van der Waals surface area contributed by atoms with Crippen LogP contribution in [0.3, 0.4) is 0 Å². The topological polar surface area (TPSA) is 35.5 Å². The standard InChI is InChI=1S/C25H38O3/c1-24(20-25(2)22(27-24)19-23(26)28-25)18-14-9-7-5-3-4-6-8-11-15-21-16-12-10-13-17-21/h10,12-13,16-17,22H,3-9,11,14-15,18-20H2,1-2H3/t22-,24-,25-/m0/s1. The third-order valence-corrected chi connectivity index (χ3v) is 6.55. The number of ether oxygens (including phenoxy) is 2. The summed E-state index contributed by atoms with van der Waals surface area (Å²) in [5.41, 5.74) is 0.976. The highest BCUT2D eigenvalue weighted by Gasteiger charge is 2.57. The lowest BCUT2D eigenvalue weighted by Crippen LogP contribution is -2.31. The van der Waals surface area contributed by atoms with Gasteiger partial charge in [0.05, 0.1) is 12.0 Å². The van der Waals surface area contributed by atoms with Crippen molar-refractivity contribution in [3.05, 3.63) is 35.9 Å². The Bertz CT molecular complexity index is 613. The first-order valence-corrected chi connectivity index (χ1v) is 11.4. The summed E-state index contributed by atoms with van der Waals surface area (Å²) in [7, 11) is 0. The highest BCUT2D eigenvalue weighted by molar-refractivity contribution is 5.73. The van der Waals surface area contributed by atoms with Crippen molar-refractivity contribution in [2.75, 3.05) is 0 Å². The van der Waals surface area contributed by atoms with E-state index in [-0.39, 0.29) is 23.3 Å². The maximum atomic E-state index is 11.5. The predicted molar refractivity (Wildman–Crippen MR) is 113 cm³/mol. The fourth-order valence-electron chi connectivity index (χ4n) is 5.04. The molecule has 156 valence electrons. The Morgan fingerprint density at radius 2 is 1.50 bits per heavy atom. The molecule has 0 amide bonds. The summed E-state index contributed by atoms with van der Waals surface area (Å²) < 4.78 is 11.7. The van der Waals surface area contributed by atoms with E-state index in [4.69, 9.17) is 9.47 Å². The van der Waals surface area contributed by atoms with E-state index in [9.17, 15) is 4.79 Å². The molecule has 2 saturated heterocycles. The highest BCUT2D eigenvalue weighted by Crippen LogP contribution is 2.47. The number of unbranched alkanes of at least 4 members (excludes halogenated alkanes) is 8. The average Bonchev–Trinajstić information content (AvgIpc) is 3.05.